The molecular weight excluding hydrogens is 1680 g/mol. The summed E-state index contributed by atoms with van der Waals surface area (Å²) in [4.78, 5) is 114. The molecule has 3 aliphatic heterocycles. The molecule has 28 heteroatoms. The number of aromatic hydroxyl groups is 1. The molecule has 11 aromatic rings. The Hall–Kier alpha value is -12.0. The maximum Gasteiger partial charge on any atom is 1.00 e. The Balaban J connectivity index is 0.000000209. The number of carbonyl (C=O) groups is 8. The van der Waals surface area contributed by atoms with Gasteiger partial charge in [-0.1, -0.05) is 193 Å². The smallest absolute Gasteiger partial charge is 1.00 e. The molecule has 126 heavy (non-hydrogen) atoms. The minimum Gasteiger partial charge on any atom is -1.00 e. The predicted molar refractivity (Wildman–Crippen MR) is 478 cm³/mol. The van der Waals surface area contributed by atoms with Crippen molar-refractivity contribution < 1.29 is 128 Å². The van der Waals surface area contributed by atoms with Crippen LogP contribution in [0.4, 0.5) is 17.1 Å². The number of para-hydroxylation sites is 3. The number of methoxy groups -OCH3 is 5. The number of nitrogens with zero attached hydrogens (tertiary/aromatic N) is 3. The van der Waals surface area contributed by atoms with Gasteiger partial charge in [-0.05, 0) is 138 Å². The van der Waals surface area contributed by atoms with Crippen molar-refractivity contribution in [3.8, 4) is 50.6 Å². The van der Waals surface area contributed by atoms with Crippen LogP contribution in [0.15, 0.2) is 291 Å². The van der Waals surface area contributed by atoms with E-state index in [0.717, 1.165) is 33.4 Å². The molecule has 0 saturated heterocycles. The number of benzene rings is 8. The summed E-state index contributed by atoms with van der Waals surface area (Å²) in [7, 11) is 7.10. The number of aliphatic hydroxyl groups is 2. The van der Waals surface area contributed by atoms with Gasteiger partial charge in [0.1, 0.15) is 37.3 Å². The zero-order valence-electron chi connectivity index (χ0n) is 71.7. The first-order chi connectivity index (χ1) is 60.0. The van der Waals surface area contributed by atoms with E-state index in [9.17, 15) is 48.6 Å². The number of rotatable bonds is 32. The second-order valence-electron chi connectivity index (χ2n) is 29.3. The van der Waals surface area contributed by atoms with Crippen molar-refractivity contribution in [2.75, 3.05) is 83.5 Å². The fourth-order valence-corrected chi connectivity index (χ4v) is 16.2. The maximum absolute atomic E-state index is 14.6. The summed E-state index contributed by atoms with van der Waals surface area (Å²) in [6.45, 7) is 11.6. The fourth-order valence-electron chi connectivity index (χ4n) is 14.2. The first kappa shape index (κ1) is 97.8. The van der Waals surface area contributed by atoms with Crippen LogP contribution in [0.25, 0.3) is 33.4 Å². The van der Waals surface area contributed by atoms with Gasteiger partial charge in [-0.25, -0.2) is 9.59 Å². The van der Waals surface area contributed by atoms with Crippen molar-refractivity contribution in [1.82, 2.24) is 0 Å². The van der Waals surface area contributed by atoms with Gasteiger partial charge in [0, 0.05) is 84.0 Å². The molecule has 23 nitrogen and oxygen atoms in total. The number of thiophene rings is 3. The molecule has 0 saturated carbocycles. The molecule has 3 amide bonds. The molecular formula is C98H97ClLiN3O20S3. The van der Waals surface area contributed by atoms with Crippen molar-refractivity contribution in [1.29, 1.82) is 0 Å². The van der Waals surface area contributed by atoms with Gasteiger partial charge >= 0.3 is 30.8 Å². The van der Waals surface area contributed by atoms with Gasteiger partial charge < -0.3 is 70.4 Å². The van der Waals surface area contributed by atoms with Gasteiger partial charge in [-0.3, -0.25) is 43.5 Å². The van der Waals surface area contributed by atoms with E-state index >= 15 is 0 Å². The molecule has 3 N–H and O–H groups in total. The third-order valence-corrected chi connectivity index (χ3v) is 22.4. The van der Waals surface area contributed by atoms with Crippen molar-refractivity contribution in [3.05, 3.63) is 319 Å². The Kier molecular flexibility index (Phi) is 36.3. The van der Waals surface area contributed by atoms with Crippen LogP contribution in [-0.4, -0.2) is 131 Å². The zero-order valence-corrected chi connectivity index (χ0v) is 74.9. The summed E-state index contributed by atoms with van der Waals surface area (Å²) in [6, 6.07) is 64.4. The standard InChI is InChI=1S/C36H35NO7S.C33H29NO6S.C27H27NO5S.C2H6O2.ClH.Li/c1-23(2)32(38)30-31(28-12-8-9-13-29(28)43-20-19-41-3)37(27-16-14-24(15-17-27)26-18-21-45-22-26)35(39)34(30)44-33(36(40)42-4)25-10-6-5-7-11-25;1-20(2)29(36)27-28(25-11-7-8-12-26(25)35)34(24-15-13-21(14-16-24)23-17-18-41-19-23)32(37)31(27)40-30(33(38)39-3)22-9-5-4-6-10-22;1-17(2)25(29)23-24(21-6-4-5-7-22(21)33-14-13-32-3)28(27(31)26(23)30)20-10-8-18(9-11-20)19-12-15-34-16-19;1-4-2-3;;/h5-18,21-23,31,33H,19-20H2,1-4H3;4-20,28,30,35H,1-3H3;4-12,15-17,24,30H,13-14H2,1-3H3;3H,2H2,1H3;1H;/q;;;;;+1/p-1/t31-,33+;28-,30+;24-;;;/m111.../s1. The molecule has 3 aliphatic rings. The molecule has 14 rings (SSSR count). The minimum absolute atomic E-state index is 0. The summed E-state index contributed by atoms with van der Waals surface area (Å²) in [5.74, 6) is -5.48. The van der Waals surface area contributed by atoms with E-state index in [4.69, 9.17) is 43.0 Å². The average Bonchev–Trinajstić information content (AvgIpc) is 1.60. The zero-order chi connectivity index (χ0) is 88.7. The predicted octanol–water partition coefficient (Wildman–Crippen LogP) is 12.7. The second-order valence-corrected chi connectivity index (χ2v) is 31.7. The van der Waals surface area contributed by atoms with Crippen molar-refractivity contribution >= 4 is 98.1 Å². The average molecular weight is 1780 g/mol. The number of anilines is 3. The quantitative estimate of drug-likeness (QED) is 0.0153. The summed E-state index contributed by atoms with van der Waals surface area (Å²) in [5, 5.41) is 41.6. The van der Waals surface area contributed by atoms with Crippen molar-refractivity contribution in [3.63, 3.8) is 0 Å². The topological polar surface area (TPSA) is 290 Å². The number of esters is 2. The van der Waals surface area contributed by atoms with Gasteiger partial charge in [0.25, 0.3) is 17.7 Å². The molecule has 3 aromatic heterocycles. The molecule has 650 valence electrons. The van der Waals surface area contributed by atoms with Crippen LogP contribution >= 0.6 is 34.0 Å². The van der Waals surface area contributed by atoms with Gasteiger partial charge in [-0.15, -0.1) is 0 Å². The first-order valence-electron chi connectivity index (χ1n) is 39.8. The molecule has 0 bridgehead atoms. The molecule has 5 atom stereocenters. The van der Waals surface area contributed by atoms with Crippen LogP contribution in [0, 0.1) is 17.8 Å². The van der Waals surface area contributed by atoms with Gasteiger partial charge in [0.15, 0.2) is 34.6 Å². The van der Waals surface area contributed by atoms with Crippen molar-refractivity contribution in [2.45, 2.75) is 71.9 Å². The van der Waals surface area contributed by atoms with E-state index in [1.54, 1.807) is 192 Å². The SMILES string of the molecule is COC(=O)[C@@H](OC1=C(C(=O)C(C)C)[C@@H](c2ccccc2O)N(c2ccc(-c3ccsc3)cc2)C1=O)c1ccccc1.COCCOc1ccccc1[C@@H]1C(C(=O)C(C)C)=C(O)C(=O)N1c1ccc(-c2ccsc2)cc1.COCCOc1ccccc1[C@@H]1C(C(=O)C(C)C)=C(O[C@H](C(=O)OC)c2ccccc2)C(=O)N1c1ccc(-c2ccsc2)cc1.COCO.[Cl-].[Li+]. The van der Waals surface area contributed by atoms with Crippen LogP contribution in [0.1, 0.15) is 99.7 Å². The Bertz CT molecular complexity index is 5590. The summed E-state index contributed by atoms with van der Waals surface area (Å²) < 4.78 is 49.0. The number of ether oxygens (including phenoxy) is 9. The van der Waals surface area contributed by atoms with Crippen LogP contribution in [-0.2, 0) is 71.5 Å². The Morgan fingerprint density at radius 1 is 0.373 bits per heavy atom. The van der Waals surface area contributed by atoms with Crippen LogP contribution in [0.2, 0.25) is 0 Å². The van der Waals surface area contributed by atoms with Crippen LogP contribution < -0.4 is 55.4 Å². The normalized spacial score (nSPS) is 15.2. The minimum atomic E-state index is -1.29. The number of aliphatic hydroxyl groups excluding tert-OH is 2. The van der Waals surface area contributed by atoms with Gasteiger partial charge in [-0.2, -0.15) is 34.0 Å². The van der Waals surface area contributed by atoms with E-state index < -0.39 is 83.5 Å². The monoisotopic (exact) mass is 1770 g/mol. The number of ketones is 3. The Morgan fingerprint density at radius 3 is 1.00 bits per heavy atom. The van der Waals surface area contributed by atoms with Crippen LogP contribution in [0.3, 0.4) is 0 Å². The Labute approximate surface area is 762 Å². The molecule has 6 heterocycles. The van der Waals surface area contributed by atoms with E-state index in [0.29, 0.717) is 76.2 Å². The van der Waals surface area contributed by atoms with Crippen molar-refractivity contribution in [2.24, 2.45) is 17.8 Å². The number of carbonyl (C=O) groups excluding carboxylic acids is 8. The van der Waals surface area contributed by atoms with Crippen LogP contribution in [0.5, 0.6) is 17.2 Å². The molecule has 8 aromatic carbocycles. The van der Waals surface area contributed by atoms with E-state index in [1.165, 1.54) is 37.2 Å². The maximum atomic E-state index is 14.6. The third-order valence-electron chi connectivity index (χ3n) is 20.3. The number of Topliss-reactive ketones (excluding diaryl/α,β-unsaturated/α-hetero) is 3. The van der Waals surface area contributed by atoms with E-state index in [2.05, 4.69) is 15.5 Å². The number of hydrogen-bond acceptors (Lipinski definition) is 23. The number of phenolic OH excluding ortho intramolecular Hbond substituents is 1. The largest absolute Gasteiger partial charge is 1.00 e. The summed E-state index contributed by atoms with van der Waals surface area (Å²) >= 11 is 4.80. The van der Waals surface area contributed by atoms with Gasteiger partial charge in [0.05, 0.1) is 62.3 Å². The number of halogens is 1. The molecule has 0 fully saturated rings. The number of hydrogen-bond donors (Lipinski definition) is 3. The summed E-state index contributed by atoms with van der Waals surface area (Å²) in [6.07, 6.45) is -2.57. The summed E-state index contributed by atoms with van der Waals surface area (Å²) in [5.41, 5.74) is 10.7. The molecule has 0 aliphatic carbocycles. The number of phenols is 1. The second kappa shape index (κ2) is 46.8. The van der Waals surface area contributed by atoms with Gasteiger partial charge in [0.2, 0.25) is 12.2 Å². The Morgan fingerprint density at radius 2 is 0.683 bits per heavy atom. The van der Waals surface area contributed by atoms with E-state index in [-0.39, 0.29) is 96.0 Å². The fraction of sp³-hybridized carbons (Fsp3) is 0.245. The molecule has 0 radical (unpaired) electrons. The molecule has 0 unspecified atom stereocenters. The number of amides is 3. The molecule has 0 spiro atoms. The first-order valence-corrected chi connectivity index (χ1v) is 42.7. The van der Waals surface area contributed by atoms with E-state index in [1.807, 2.05) is 143 Å². The third kappa shape index (κ3) is 22.6.